The number of alkyl halides is 1. The number of aromatic nitrogens is 2. The van der Waals surface area contributed by atoms with Crippen molar-refractivity contribution in [3.05, 3.63) is 35.5 Å². The van der Waals surface area contributed by atoms with E-state index in [2.05, 4.69) is 22.3 Å². The van der Waals surface area contributed by atoms with Crippen molar-refractivity contribution in [1.82, 2.24) is 10.1 Å². The molecule has 0 amide bonds. The predicted molar refractivity (Wildman–Crippen MR) is 74.0 cm³/mol. The molecule has 0 spiro atoms. The van der Waals surface area contributed by atoms with Crippen LogP contribution in [0.1, 0.15) is 24.5 Å². The lowest BCUT2D eigenvalue weighted by atomic mass is 10.2. The summed E-state index contributed by atoms with van der Waals surface area (Å²) in [6.45, 7) is 1.99. The van der Waals surface area contributed by atoms with Gasteiger partial charge in [0.1, 0.15) is 0 Å². The lowest BCUT2D eigenvalue weighted by Gasteiger charge is -1.96. The number of nitrogens with zero attached hydrogens (tertiary/aromatic N) is 2. The first-order valence-corrected chi connectivity index (χ1v) is 7.05. The van der Waals surface area contributed by atoms with Crippen molar-refractivity contribution >= 4 is 33.0 Å². The third-order valence-corrected chi connectivity index (χ3v) is 4.26. The van der Waals surface area contributed by atoms with Gasteiger partial charge in [-0.15, -0.1) is 22.9 Å². The fourth-order valence-corrected chi connectivity index (χ4v) is 2.82. The van der Waals surface area contributed by atoms with E-state index < -0.39 is 0 Å². The van der Waals surface area contributed by atoms with E-state index in [0.717, 1.165) is 17.4 Å². The normalized spacial score (nSPS) is 13.0. The van der Waals surface area contributed by atoms with Gasteiger partial charge in [-0.2, -0.15) is 4.98 Å². The monoisotopic (exact) mass is 278 g/mol. The Balaban J connectivity index is 2.07. The highest BCUT2D eigenvalue weighted by Gasteiger charge is 2.17. The number of benzene rings is 1. The Kier molecular flexibility index (Phi) is 3.06. The maximum Gasteiger partial charge on any atom is 0.259 e. The van der Waals surface area contributed by atoms with Crippen LogP contribution in [0.25, 0.3) is 21.5 Å². The molecule has 0 radical (unpaired) electrons. The van der Waals surface area contributed by atoms with Crippen LogP contribution in [0.3, 0.4) is 0 Å². The zero-order valence-electron chi connectivity index (χ0n) is 9.76. The minimum atomic E-state index is -0.188. The summed E-state index contributed by atoms with van der Waals surface area (Å²) >= 11 is 7.77. The first kappa shape index (κ1) is 11.7. The topological polar surface area (TPSA) is 38.9 Å². The molecule has 5 heteroatoms. The van der Waals surface area contributed by atoms with Crippen LogP contribution in [-0.2, 0) is 0 Å². The Morgan fingerprint density at radius 2 is 2.22 bits per heavy atom. The van der Waals surface area contributed by atoms with E-state index in [1.807, 2.05) is 24.4 Å². The summed E-state index contributed by atoms with van der Waals surface area (Å²) < 4.78 is 6.51. The zero-order valence-corrected chi connectivity index (χ0v) is 11.3. The summed E-state index contributed by atoms with van der Waals surface area (Å²) in [6.07, 6.45) is 0.783. The molecule has 0 aliphatic rings. The highest BCUT2D eigenvalue weighted by molar-refractivity contribution is 7.17. The summed E-state index contributed by atoms with van der Waals surface area (Å²) in [4.78, 5) is 4.37. The highest BCUT2D eigenvalue weighted by Crippen LogP contribution is 2.33. The first-order chi connectivity index (χ1) is 8.79. The highest BCUT2D eigenvalue weighted by atomic mass is 35.5. The summed E-state index contributed by atoms with van der Waals surface area (Å²) in [5.74, 6) is 1.10. The second kappa shape index (κ2) is 4.71. The van der Waals surface area contributed by atoms with Crippen LogP contribution >= 0.6 is 22.9 Å². The second-order valence-corrected chi connectivity index (χ2v) is 5.42. The van der Waals surface area contributed by atoms with Crippen molar-refractivity contribution in [2.45, 2.75) is 18.7 Å². The molecule has 0 N–H and O–H groups in total. The summed E-state index contributed by atoms with van der Waals surface area (Å²) in [5, 5.41) is 6.93. The van der Waals surface area contributed by atoms with E-state index in [-0.39, 0.29) is 5.38 Å². The summed E-state index contributed by atoms with van der Waals surface area (Å²) in [6, 6.07) is 8.17. The lowest BCUT2D eigenvalue weighted by molar-refractivity contribution is 0.421. The SMILES string of the molecule is CCC(Cl)c1noc(-c2csc3ccccc23)n1. The van der Waals surface area contributed by atoms with E-state index >= 15 is 0 Å². The average Bonchev–Trinajstić information content (AvgIpc) is 3.03. The van der Waals surface area contributed by atoms with Crippen LogP contribution in [0.2, 0.25) is 0 Å². The van der Waals surface area contributed by atoms with E-state index in [9.17, 15) is 0 Å². The molecular weight excluding hydrogens is 268 g/mol. The average molecular weight is 279 g/mol. The van der Waals surface area contributed by atoms with E-state index in [4.69, 9.17) is 16.1 Å². The number of hydrogen-bond acceptors (Lipinski definition) is 4. The van der Waals surface area contributed by atoms with Crippen molar-refractivity contribution in [2.75, 3.05) is 0 Å². The molecule has 3 aromatic rings. The van der Waals surface area contributed by atoms with Crippen molar-refractivity contribution in [3.63, 3.8) is 0 Å². The van der Waals surface area contributed by atoms with Gasteiger partial charge < -0.3 is 4.52 Å². The maximum absolute atomic E-state index is 6.10. The van der Waals surface area contributed by atoms with Crippen molar-refractivity contribution < 1.29 is 4.52 Å². The van der Waals surface area contributed by atoms with Gasteiger partial charge in [-0.25, -0.2) is 0 Å². The molecule has 3 nitrogen and oxygen atoms in total. The van der Waals surface area contributed by atoms with Crippen LogP contribution in [0.15, 0.2) is 34.2 Å². The van der Waals surface area contributed by atoms with Crippen LogP contribution in [-0.4, -0.2) is 10.1 Å². The van der Waals surface area contributed by atoms with Crippen LogP contribution < -0.4 is 0 Å². The van der Waals surface area contributed by atoms with Crippen LogP contribution in [0.4, 0.5) is 0 Å². The third-order valence-electron chi connectivity index (χ3n) is 2.79. The minimum Gasteiger partial charge on any atom is -0.334 e. The standard InChI is InChI=1S/C13H11ClN2OS/c1-2-10(14)12-15-13(17-16-12)9-7-18-11-6-4-3-5-8(9)11/h3-7,10H,2H2,1H3. The van der Waals surface area contributed by atoms with Crippen molar-refractivity contribution in [3.8, 4) is 11.5 Å². The van der Waals surface area contributed by atoms with Gasteiger partial charge in [0, 0.05) is 15.5 Å². The molecule has 0 saturated carbocycles. The predicted octanol–water partition coefficient (Wildman–Crippen LogP) is 4.64. The zero-order chi connectivity index (χ0) is 12.5. The van der Waals surface area contributed by atoms with Gasteiger partial charge in [-0.3, -0.25) is 0 Å². The molecule has 0 fully saturated rings. The van der Waals surface area contributed by atoms with E-state index in [0.29, 0.717) is 11.7 Å². The quantitative estimate of drug-likeness (QED) is 0.655. The molecule has 0 saturated heterocycles. The number of hydrogen-bond donors (Lipinski definition) is 0. The Labute approximate surface area is 113 Å². The second-order valence-electron chi connectivity index (χ2n) is 3.98. The van der Waals surface area contributed by atoms with Crippen molar-refractivity contribution in [1.29, 1.82) is 0 Å². The number of halogens is 1. The molecule has 1 aromatic carbocycles. The molecular formula is C13H11ClN2OS. The lowest BCUT2D eigenvalue weighted by Crippen LogP contribution is -1.90. The molecule has 18 heavy (non-hydrogen) atoms. The number of rotatable bonds is 3. The molecule has 0 aliphatic heterocycles. The van der Waals surface area contributed by atoms with Gasteiger partial charge in [-0.05, 0) is 12.5 Å². The molecule has 2 aromatic heterocycles. The minimum absolute atomic E-state index is 0.188. The van der Waals surface area contributed by atoms with Gasteiger partial charge in [0.2, 0.25) is 0 Å². The largest absolute Gasteiger partial charge is 0.334 e. The molecule has 2 heterocycles. The van der Waals surface area contributed by atoms with Gasteiger partial charge in [0.25, 0.3) is 5.89 Å². The first-order valence-electron chi connectivity index (χ1n) is 5.74. The van der Waals surface area contributed by atoms with E-state index in [1.54, 1.807) is 11.3 Å². The number of thiophene rings is 1. The fourth-order valence-electron chi connectivity index (χ4n) is 1.80. The summed E-state index contributed by atoms with van der Waals surface area (Å²) in [7, 11) is 0. The van der Waals surface area contributed by atoms with E-state index in [1.165, 1.54) is 4.70 Å². The van der Waals surface area contributed by atoms with Gasteiger partial charge >= 0.3 is 0 Å². The van der Waals surface area contributed by atoms with Crippen LogP contribution in [0.5, 0.6) is 0 Å². The smallest absolute Gasteiger partial charge is 0.259 e. The molecule has 0 bridgehead atoms. The Hall–Kier alpha value is -1.39. The van der Waals surface area contributed by atoms with Gasteiger partial charge in [0.15, 0.2) is 5.82 Å². The molecule has 1 atom stereocenters. The van der Waals surface area contributed by atoms with Gasteiger partial charge in [-0.1, -0.05) is 30.3 Å². The number of fused-ring (bicyclic) bond motifs is 1. The Morgan fingerprint density at radius 1 is 1.39 bits per heavy atom. The van der Waals surface area contributed by atoms with Crippen LogP contribution in [0, 0.1) is 0 Å². The van der Waals surface area contributed by atoms with Gasteiger partial charge in [0.05, 0.1) is 10.9 Å². The summed E-state index contributed by atoms with van der Waals surface area (Å²) in [5.41, 5.74) is 0.981. The molecule has 92 valence electrons. The fraction of sp³-hybridized carbons (Fsp3) is 0.231. The maximum atomic E-state index is 6.10. The van der Waals surface area contributed by atoms with Crippen molar-refractivity contribution in [2.24, 2.45) is 0 Å². The Bertz CT molecular complexity index is 676. The Morgan fingerprint density at radius 3 is 3.06 bits per heavy atom. The molecule has 0 aliphatic carbocycles. The third kappa shape index (κ3) is 1.91. The molecule has 1 unspecified atom stereocenters. The molecule has 3 rings (SSSR count).